The smallest absolute Gasteiger partial charge is 0.255 e. The summed E-state index contributed by atoms with van der Waals surface area (Å²) in [5, 5.41) is 11.7. The van der Waals surface area contributed by atoms with Crippen LogP contribution in [0.25, 0.3) is 0 Å². The minimum atomic E-state index is -0.163. The van der Waals surface area contributed by atoms with Crippen LogP contribution in [0, 0.1) is 5.92 Å². The van der Waals surface area contributed by atoms with E-state index < -0.39 is 0 Å². The fourth-order valence-electron chi connectivity index (χ4n) is 1.61. The Morgan fingerprint density at radius 1 is 1.53 bits per heavy atom. The molecule has 1 atom stereocenters. The predicted octanol–water partition coefficient (Wildman–Crippen LogP) is 2.00. The largest absolute Gasteiger partial charge is 0.489 e. The summed E-state index contributed by atoms with van der Waals surface area (Å²) in [7, 11) is 0. The molecule has 0 heterocycles. The molecule has 1 amide bonds. The molecule has 0 fully saturated rings. The van der Waals surface area contributed by atoms with Gasteiger partial charge in [-0.25, -0.2) is 0 Å². The first-order valence-electron chi connectivity index (χ1n) is 6.40. The fourth-order valence-corrected chi connectivity index (χ4v) is 1.61. The number of carbonyl (C=O) groups is 1. The van der Waals surface area contributed by atoms with Gasteiger partial charge < -0.3 is 15.2 Å². The molecule has 0 aliphatic rings. The van der Waals surface area contributed by atoms with Crippen molar-refractivity contribution in [1.82, 2.24) is 5.32 Å². The van der Waals surface area contributed by atoms with Crippen LogP contribution in [0.5, 0.6) is 5.75 Å². The summed E-state index contributed by atoms with van der Waals surface area (Å²) < 4.78 is 5.44. The van der Waals surface area contributed by atoms with E-state index in [4.69, 9.17) is 9.84 Å². The second-order valence-electron chi connectivity index (χ2n) is 4.42. The fraction of sp³-hybridized carbons (Fsp3) is 0.400. The number of nitrogens with one attached hydrogen (secondary N) is 1. The zero-order chi connectivity index (χ0) is 14.1. The van der Waals surface area contributed by atoms with Crippen LogP contribution in [-0.2, 0) is 0 Å². The Kier molecular flexibility index (Phi) is 6.68. The summed E-state index contributed by atoms with van der Waals surface area (Å²) in [5.74, 6) is 0.634. The number of amides is 1. The van der Waals surface area contributed by atoms with Crippen molar-refractivity contribution < 1.29 is 14.6 Å². The standard InChI is InChI=1S/C15H21NO3/c1-3-10-19-14-7-5-4-6-13(14)15(18)16-11-12(2)8-9-17/h3-7,12,17H,1,8-11H2,2H3,(H,16,18). The van der Waals surface area contributed by atoms with Gasteiger partial charge in [-0.2, -0.15) is 0 Å². The third kappa shape index (κ3) is 5.14. The van der Waals surface area contributed by atoms with E-state index in [1.54, 1.807) is 24.3 Å². The summed E-state index contributed by atoms with van der Waals surface area (Å²) in [6.07, 6.45) is 2.31. The normalized spacial score (nSPS) is 11.7. The van der Waals surface area contributed by atoms with Crippen LogP contribution in [0.3, 0.4) is 0 Å². The Balaban J connectivity index is 2.62. The van der Waals surface area contributed by atoms with E-state index in [9.17, 15) is 4.79 Å². The highest BCUT2D eigenvalue weighted by Crippen LogP contribution is 2.17. The number of aliphatic hydroxyl groups excluding tert-OH is 1. The van der Waals surface area contributed by atoms with Crippen molar-refractivity contribution in [2.24, 2.45) is 5.92 Å². The molecule has 4 nitrogen and oxygen atoms in total. The van der Waals surface area contributed by atoms with Gasteiger partial charge in [0, 0.05) is 13.2 Å². The number of rotatable bonds is 8. The molecule has 0 radical (unpaired) electrons. The van der Waals surface area contributed by atoms with Gasteiger partial charge in [0.2, 0.25) is 0 Å². The third-order valence-electron chi connectivity index (χ3n) is 2.72. The number of para-hydroxylation sites is 1. The lowest BCUT2D eigenvalue weighted by Gasteiger charge is -2.13. The van der Waals surface area contributed by atoms with Crippen LogP contribution in [0.1, 0.15) is 23.7 Å². The van der Waals surface area contributed by atoms with Crippen LogP contribution < -0.4 is 10.1 Å². The minimum Gasteiger partial charge on any atom is -0.489 e. The van der Waals surface area contributed by atoms with E-state index in [-0.39, 0.29) is 18.4 Å². The van der Waals surface area contributed by atoms with Gasteiger partial charge in [-0.15, -0.1) is 0 Å². The molecule has 1 rings (SSSR count). The van der Waals surface area contributed by atoms with Crippen LogP contribution in [0.4, 0.5) is 0 Å². The molecular formula is C15H21NO3. The molecule has 0 bridgehead atoms. The average molecular weight is 263 g/mol. The molecule has 0 spiro atoms. The Bertz CT molecular complexity index is 418. The number of benzene rings is 1. The van der Waals surface area contributed by atoms with E-state index in [0.717, 1.165) is 0 Å². The van der Waals surface area contributed by atoms with Gasteiger partial charge in [0.1, 0.15) is 12.4 Å². The topological polar surface area (TPSA) is 58.6 Å². The molecule has 19 heavy (non-hydrogen) atoms. The van der Waals surface area contributed by atoms with Gasteiger partial charge in [0.15, 0.2) is 0 Å². The molecule has 0 aromatic heterocycles. The zero-order valence-electron chi connectivity index (χ0n) is 11.3. The third-order valence-corrected chi connectivity index (χ3v) is 2.72. The van der Waals surface area contributed by atoms with Gasteiger partial charge in [0.05, 0.1) is 5.56 Å². The number of ether oxygens (including phenoxy) is 1. The molecule has 104 valence electrons. The number of hydrogen-bond donors (Lipinski definition) is 2. The van der Waals surface area contributed by atoms with Crippen LogP contribution in [-0.4, -0.2) is 30.8 Å². The number of carbonyl (C=O) groups excluding carboxylic acids is 1. The van der Waals surface area contributed by atoms with Crippen molar-refractivity contribution in [3.05, 3.63) is 42.5 Å². The zero-order valence-corrected chi connectivity index (χ0v) is 11.3. The Labute approximate surface area is 114 Å². The molecule has 1 aromatic carbocycles. The van der Waals surface area contributed by atoms with E-state index in [2.05, 4.69) is 11.9 Å². The highest BCUT2D eigenvalue weighted by atomic mass is 16.5. The quantitative estimate of drug-likeness (QED) is 0.705. The first-order valence-corrected chi connectivity index (χ1v) is 6.40. The molecule has 0 aliphatic heterocycles. The van der Waals surface area contributed by atoms with E-state index in [1.165, 1.54) is 0 Å². The first kappa shape index (κ1) is 15.2. The second-order valence-corrected chi connectivity index (χ2v) is 4.42. The van der Waals surface area contributed by atoms with Crippen molar-refractivity contribution in [3.8, 4) is 5.75 Å². The molecule has 4 heteroatoms. The molecule has 0 aliphatic carbocycles. The Morgan fingerprint density at radius 2 is 2.26 bits per heavy atom. The van der Waals surface area contributed by atoms with E-state index >= 15 is 0 Å². The van der Waals surface area contributed by atoms with E-state index in [1.807, 2.05) is 13.0 Å². The molecule has 0 saturated carbocycles. The molecule has 2 N–H and O–H groups in total. The van der Waals surface area contributed by atoms with Crippen LogP contribution in [0.2, 0.25) is 0 Å². The highest BCUT2D eigenvalue weighted by Gasteiger charge is 2.12. The lowest BCUT2D eigenvalue weighted by Crippen LogP contribution is -2.29. The Morgan fingerprint density at radius 3 is 2.95 bits per heavy atom. The summed E-state index contributed by atoms with van der Waals surface area (Å²) in [6, 6.07) is 7.11. The van der Waals surface area contributed by atoms with Gasteiger partial charge >= 0.3 is 0 Å². The first-order chi connectivity index (χ1) is 9.19. The Hall–Kier alpha value is -1.81. The summed E-state index contributed by atoms with van der Waals surface area (Å²) >= 11 is 0. The summed E-state index contributed by atoms with van der Waals surface area (Å²) in [5.41, 5.74) is 0.514. The van der Waals surface area contributed by atoms with Gasteiger partial charge in [0.25, 0.3) is 5.91 Å². The predicted molar refractivity (Wildman–Crippen MR) is 75.3 cm³/mol. The maximum absolute atomic E-state index is 12.1. The lowest BCUT2D eigenvalue weighted by atomic mass is 10.1. The van der Waals surface area contributed by atoms with Crippen molar-refractivity contribution in [2.75, 3.05) is 19.8 Å². The molecule has 1 unspecified atom stereocenters. The van der Waals surface area contributed by atoms with Crippen molar-refractivity contribution in [2.45, 2.75) is 13.3 Å². The number of aliphatic hydroxyl groups is 1. The van der Waals surface area contributed by atoms with Gasteiger partial charge in [-0.1, -0.05) is 31.7 Å². The molecule has 0 saturated heterocycles. The monoisotopic (exact) mass is 263 g/mol. The van der Waals surface area contributed by atoms with Crippen LogP contribution in [0.15, 0.2) is 36.9 Å². The van der Waals surface area contributed by atoms with Gasteiger partial charge in [-0.3, -0.25) is 4.79 Å². The summed E-state index contributed by atoms with van der Waals surface area (Å²) in [4.78, 5) is 12.1. The van der Waals surface area contributed by atoms with Crippen LogP contribution >= 0.6 is 0 Å². The van der Waals surface area contributed by atoms with Crippen molar-refractivity contribution >= 4 is 5.91 Å². The van der Waals surface area contributed by atoms with Crippen molar-refractivity contribution in [3.63, 3.8) is 0 Å². The highest BCUT2D eigenvalue weighted by molar-refractivity contribution is 5.96. The maximum atomic E-state index is 12.1. The van der Waals surface area contributed by atoms with Gasteiger partial charge in [-0.05, 0) is 24.5 Å². The molecular weight excluding hydrogens is 242 g/mol. The van der Waals surface area contributed by atoms with Crippen molar-refractivity contribution in [1.29, 1.82) is 0 Å². The average Bonchev–Trinajstić information content (AvgIpc) is 2.43. The maximum Gasteiger partial charge on any atom is 0.255 e. The SMILES string of the molecule is C=CCOc1ccccc1C(=O)NCC(C)CCO. The minimum absolute atomic E-state index is 0.135. The lowest BCUT2D eigenvalue weighted by molar-refractivity contribution is 0.0942. The molecule has 1 aromatic rings. The summed E-state index contributed by atoms with van der Waals surface area (Å²) in [6.45, 7) is 6.60. The van der Waals surface area contributed by atoms with E-state index in [0.29, 0.717) is 30.9 Å². The second kappa shape index (κ2) is 8.32. The number of hydrogen-bond acceptors (Lipinski definition) is 3.